The number of carbonyl (C=O) groups excluding carboxylic acids is 2. The molecule has 1 aromatic heterocycles. The van der Waals surface area contributed by atoms with Crippen LogP contribution in [-0.2, 0) is 11.8 Å². The molecule has 0 unspecified atom stereocenters. The zero-order valence-corrected chi connectivity index (χ0v) is 14.8. The highest BCUT2D eigenvalue weighted by Gasteiger charge is 2.39. The van der Waals surface area contributed by atoms with Crippen LogP contribution in [0.25, 0.3) is 0 Å². The SMILES string of the molecule is Cc1cc(C(=O)N2CCCCCCNC(=O)[C@@H]3CCC[C@@H]32)nn1C. The molecule has 2 atom stereocenters. The Balaban J connectivity index is 1.85. The van der Waals surface area contributed by atoms with E-state index in [0.717, 1.165) is 63.7 Å². The molecule has 0 bridgehead atoms. The molecule has 1 aliphatic heterocycles. The first-order valence-corrected chi connectivity index (χ1v) is 9.17. The summed E-state index contributed by atoms with van der Waals surface area (Å²) in [5, 5.41) is 7.43. The lowest BCUT2D eigenvalue weighted by molar-refractivity contribution is -0.126. The molecule has 1 N–H and O–H groups in total. The minimum absolute atomic E-state index is 0.0120. The summed E-state index contributed by atoms with van der Waals surface area (Å²) in [6.45, 7) is 3.43. The highest BCUT2D eigenvalue weighted by molar-refractivity contribution is 5.93. The van der Waals surface area contributed by atoms with Gasteiger partial charge in [0.15, 0.2) is 5.69 Å². The van der Waals surface area contributed by atoms with Crippen molar-refractivity contribution >= 4 is 11.8 Å². The fourth-order valence-electron chi connectivity index (χ4n) is 3.95. The van der Waals surface area contributed by atoms with Crippen molar-refractivity contribution in [2.24, 2.45) is 13.0 Å². The monoisotopic (exact) mass is 332 g/mol. The predicted octanol–water partition coefficient (Wildman–Crippen LogP) is 2.03. The fraction of sp³-hybridized carbons (Fsp3) is 0.722. The molecule has 1 saturated carbocycles. The lowest BCUT2D eigenvalue weighted by atomic mass is 10.00. The summed E-state index contributed by atoms with van der Waals surface area (Å²) in [5.74, 6) is 0.0221. The van der Waals surface area contributed by atoms with Gasteiger partial charge in [0, 0.05) is 31.9 Å². The van der Waals surface area contributed by atoms with E-state index in [4.69, 9.17) is 0 Å². The highest BCUT2D eigenvalue weighted by Crippen LogP contribution is 2.32. The lowest BCUT2D eigenvalue weighted by Crippen LogP contribution is -2.47. The van der Waals surface area contributed by atoms with Gasteiger partial charge in [-0.3, -0.25) is 14.3 Å². The molecule has 2 amide bonds. The van der Waals surface area contributed by atoms with Crippen LogP contribution in [-0.4, -0.2) is 45.6 Å². The number of nitrogens with one attached hydrogen (secondary N) is 1. The van der Waals surface area contributed by atoms with Crippen LogP contribution in [0.2, 0.25) is 0 Å². The Hall–Kier alpha value is -1.85. The molecule has 1 saturated heterocycles. The van der Waals surface area contributed by atoms with Gasteiger partial charge < -0.3 is 10.2 Å². The van der Waals surface area contributed by atoms with Gasteiger partial charge in [-0.1, -0.05) is 19.3 Å². The highest BCUT2D eigenvalue weighted by atomic mass is 16.2. The Morgan fingerprint density at radius 3 is 2.75 bits per heavy atom. The van der Waals surface area contributed by atoms with Gasteiger partial charge in [-0.25, -0.2) is 0 Å². The number of fused-ring (bicyclic) bond motifs is 1. The molecule has 1 aliphatic carbocycles. The van der Waals surface area contributed by atoms with Crippen LogP contribution in [0.5, 0.6) is 0 Å². The van der Waals surface area contributed by atoms with Crippen LogP contribution < -0.4 is 5.32 Å². The molecule has 0 radical (unpaired) electrons. The van der Waals surface area contributed by atoms with Crippen molar-refractivity contribution in [2.45, 2.75) is 57.9 Å². The first-order valence-electron chi connectivity index (χ1n) is 9.17. The Kier molecular flexibility index (Phi) is 5.21. The van der Waals surface area contributed by atoms with Gasteiger partial charge in [0.05, 0.1) is 5.92 Å². The van der Waals surface area contributed by atoms with Gasteiger partial charge in [-0.15, -0.1) is 0 Å². The number of carbonyl (C=O) groups is 2. The number of hydrogen-bond donors (Lipinski definition) is 1. The first-order chi connectivity index (χ1) is 11.6. The van der Waals surface area contributed by atoms with E-state index in [1.54, 1.807) is 4.68 Å². The quantitative estimate of drug-likeness (QED) is 0.856. The molecular formula is C18H28N4O2. The van der Waals surface area contributed by atoms with Gasteiger partial charge >= 0.3 is 0 Å². The average molecular weight is 332 g/mol. The van der Waals surface area contributed by atoms with Crippen molar-refractivity contribution in [1.29, 1.82) is 0 Å². The van der Waals surface area contributed by atoms with Crippen molar-refractivity contribution in [2.75, 3.05) is 13.1 Å². The molecular weight excluding hydrogens is 304 g/mol. The van der Waals surface area contributed by atoms with Crippen molar-refractivity contribution in [3.05, 3.63) is 17.5 Å². The second kappa shape index (κ2) is 7.36. The van der Waals surface area contributed by atoms with Gasteiger partial charge in [0.1, 0.15) is 0 Å². The minimum Gasteiger partial charge on any atom is -0.356 e. The largest absolute Gasteiger partial charge is 0.356 e. The molecule has 2 aliphatic rings. The number of amides is 2. The van der Waals surface area contributed by atoms with Gasteiger partial charge in [0.25, 0.3) is 5.91 Å². The third-order valence-electron chi connectivity index (χ3n) is 5.44. The summed E-state index contributed by atoms with van der Waals surface area (Å²) in [4.78, 5) is 27.5. The van der Waals surface area contributed by atoms with Crippen LogP contribution in [0.1, 0.15) is 61.1 Å². The average Bonchev–Trinajstić information content (AvgIpc) is 3.16. The lowest BCUT2D eigenvalue weighted by Gasteiger charge is -2.32. The summed E-state index contributed by atoms with van der Waals surface area (Å²) >= 11 is 0. The fourth-order valence-corrected chi connectivity index (χ4v) is 3.95. The van der Waals surface area contributed by atoms with E-state index in [9.17, 15) is 9.59 Å². The zero-order chi connectivity index (χ0) is 17.1. The van der Waals surface area contributed by atoms with Crippen LogP contribution in [0.4, 0.5) is 0 Å². The second-order valence-electron chi connectivity index (χ2n) is 7.10. The van der Waals surface area contributed by atoms with Crippen LogP contribution in [0.15, 0.2) is 6.07 Å². The molecule has 24 heavy (non-hydrogen) atoms. The predicted molar refractivity (Wildman–Crippen MR) is 91.6 cm³/mol. The number of aromatic nitrogens is 2. The van der Waals surface area contributed by atoms with Gasteiger partial charge in [-0.05, 0) is 38.7 Å². The summed E-state index contributed by atoms with van der Waals surface area (Å²) in [6, 6.07) is 1.86. The third-order valence-corrected chi connectivity index (χ3v) is 5.44. The number of rotatable bonds is 1. The Morgan fingerprint density at radius 2 is 2.00 bits per heavy atom. The van der Waals surface area contributed by atoms with Crippen molar-refractivity contribution < 1.29 is 9.59 Å². The molecule has 0 aromatic carbocycles. The van der Waals surface area contributed by atoms with Crippen molar-refractivity contribution in [3.63, 3.8) is 0 Å². The molecule has 132 valence electrons. The molecule has 2 heterocycles. The summed E-state index contributed by atoms with van der Waals surface area (Å²) in [6.07, 6.45) is 7.01. The number of aryl methyl sites for hydroxylation is 2. The summed E-state index contributed by atoms with van der Waals surface area (Å²) in [7, 11) is 1.85. The molecule has 3 rings (SSSR count). The Morgan fingerprint density at radius 1 is 1.21 bits per heavy atom. The van der Waals surface area contributed by atoms with Crippen LogP contribution in [0, 0.1) is 12.8 Å². The van der Waals surface area contributed by atoms with E-state index >= 15 is 0 Å². The van der Waals surface area contributed by atoms with Crippen molar-refractivity contribution in [1.82, 2.24) is 20.0 Å². The zero-order valence-electron chi connectivity index (χ0n) is 14.8. The standard InChI is InChI=1S/C18H28N4O2/c1-13-12-15(20-21(13)2)18(24)22-11-6-4-3-5-10-19-17(23)14-8-7-9-16(14)22/h12,14,16H,3-11H2,1-2H3,(H,19,23)/t14-,16+/m1/s1. The van der Waals surface area contributed by atoms with Crippen molar-refractivity contribution in [3.8, 4) is 0 Å². The van der Waals surface area contributed by atoms with E-state index in [-0.39, 0.29) is 23.8 Å². The molecule has 1 aromatic rings. The minimum atomic E-state index is -0.0724. The normalized spacial score (nSPS) is 25.8. The summed E-state index contributed by atoms with van der Waals surface area (Å²) < 4.78 is 1.73. The van der Waals surface area contributed by atoms with E-state index in [2.05, 4.69) is 10.4 Å². The molecule has 6 nitrogen and oxygen atoms in total. The van der Waals surface area contributed by atoms with Gasteiger partial charge in [-0.2, -0.15) is 5.10 Å². The first kappa shape index (κ1) is 17.0. The Labute approximate surface area is 143 Å². The maximum atomic E-state index is 13.1. The van der Waals surface area contributed by atoms with E-state index in [1.165, 1.54) is 0 Å². The topological polar surface area (TPSA) is 67.2 Å². The Bertz CT molecular complexity index is 591. The number of nitrogens with zero attached hydrogens (tertiary/aromatic N) is 3. The third kappa shape index (κ3) is 3.47. The van der Waals surface area contributed by atoms with Gasteiger partial charge in [0.2, 0.25) is 5.91 Å². The smallest absolute Gasteiger partial charge is 0.274 e. The van der Waals surface area contributed by atoms with E-state index < -0.39 is 0 Å². The molecule has 0 spiro atoms. The molecule has 2 fully saturated rings. The van der Waals surface area contributed by atoms with E-state index in [1.807, 2.05) is 24.9 Å². The van der Waals surface area contributed by atoms with Crippen LogP contribution in [0.3, 0.4) is 0 Å². The van der Waals surface area contributed by atoms with E-state index in [0.29, 0.717) is 5.69 Å². The maximum absolute atomic E-state index is 13.1. The van der Waals surface area contributed by atoms with Crippen LogP contribution >= 0.6 is 0 Å². The summed E-state index contributed by atoms with van der Waals surface area (Å²) in [5.41, 5.74) is 1.47. The number of hydrogen-bond acceptors (Lipinski definition) is 3. The second-order valence-corrected chi connectivity index (χ2v) is 7.10. The maximum Gasteiger partial charge on any atom is 0.274 e. The molecule has 6 heteroatoms.